The molecule has 2 N–H and O–H groups in total. The van der Waals surface area contributed by atoms with Crippen molar-refractivity contribution in [3.8, 4) is 5.75 Å². The van der Waals surface area contributed by atoms with Crippen LogP contribution in [0.5, 0.6) is 5.75 Å². The van der Waals surface area contributed by atoms with Crippen LogP contribution in [0.2, 0.25) is 0 Å². The van der Waals surface area contributed by atoms with Crippen molar-refractivity contribution in [2.75, 3.05) is 13.7 Å². The molecule has 2 aromatic rings. The van der Waals surface area contributed by atoms with Crippen LogP contribution in [0.25, 0.3) is 0 Å². The van der Waals surface area contributed by atoms with E-state index in [2.05, 4.69) is 22.8 Å². The Balaban J connectivity index is 1.26. The highest BCUT2D eigenvalue weighted by atomic mass is 16.5. The molecule has 138 valence electrons. The number of methoxy groups -OCH3 is 1. The monoisotopic (exact) mass is 354 g/mol. The van der Waals surface area contributed by atoms with Crippen LogP contribution in [0.3, 0.4) is 0 Å². The molecular weight excluding hydrogens is 328 g/mol. The summed E-state index contributed by atoms with van der Waals surface area (Å²) in [6, 6.07) is 18.5. The number of nitrogens with one attached hydrogen (secondary N) is 2. The molecule has 0 atom stereocenters. The molecule has 3 rings (SSSR count). The number of alkyl carbamates (subject to hydrolysis) is 1. The molecule has 0 spiro atoms. The summed E-state index contributed by atoms with van der Waals surface area (Å²) in [7, 11) is 1.68. The Hall–Kier alpha value is -2.53. The van der Waals surface area contributed by atoms with E-state index in [-0.39, 0.29) is 12.1 Å². The van der Waals surface area contributed by atoms with Gasteiger partial charge in [-0.1, -0.05) is 42.5 Å². The van der Waals surface area contributed by atoms with E-state index in [1.165, 1.54) is 5.56 Å². The summed E-state index contributed by atoms with van der Waals surface area (Å²) in [5.74, 6) is 0.883. The molecule has 0 radical (unpaired) electrons. The average Bonchev–Trinajstić information content (AvgIpc) is 2.65. The van der Waals surface area contributed by atoms with Crippen molar-refractivity contribution in [2.45, 2.75) is 38.0 Å². The van der Waals surface area contributed by atoms with Gasteiger partial charge in [0.25, 0.3) is 0 Å². The highest BCUT2D eigenvalue weighted by Crippen LogP contribution is 2.20. The quantitative estimate of drug-likeness (QED) is 0.764. The largest absolute Gasteiger partial charge is 0.497 e. The number of ether oxygens (including phenoxy) is 2. The van der Waals surface area contributed by atoms with Gasteiger partial charge in [-0.25, -0.2) is 4.79 Å². The van der Waals surface area contributed by atoms with Crippen molar-refractivity contribution >= 4 is 6.09 Å². The van der Waals surface area contributed by atoms with Crippen molar-refractivity contribution in [1.82, 2.24) is 10.6 Å². The fourth-order valence-electron chi connectivity index (χ4n) is 3.05. The highest BCUT2D eigenvalue weighted by Gasteiger charge is 2.30. The van der Waals surface area contributed by atoms with E-state index in [9.17, 15) is 4.79 Å². The van der Waals surface area contributed by atoms with E-state index in [1.54, 1.807) is 7.11 Å². The average molecular weight is 354 g/mol. The van der Waals surface area contributed by atoms with E-state index in [0.29, 0.717) is 12.6 Å². The van der Waals surface area contributed by atoms with Crippen LogP contribution in [-0.4, -0.2) is 31.8 Å². The fraction of sp³-hybridized carbons (Fsp3) is 0.381. The lowest BCUT2D eigenvalue weighted by Gasteiger charge is -2.36. The van der Waals surface area contributed by atoms with Crippen molar-refractivity contribution in [2.24, 2.45) is 0 Å². The summed E-state index contributed by atoms with van der Waals surface area (Å²) in [5.41, 5.74) is 2.28. The third kappa shape index (κ3) is 5.49. The Bertz CT molecular complexity index is 682. The maximum Gasteiger partial charge on any atom is 0.407 e. The van der Waals surface area contributed by atoms with Crippen molar-refractivity contribution in [3.05, 3.63) is 65.7 Å². The number of rotatable bonds is 8. The van der Waals surface area contributed by atoms with E-state index in [1.807, 2.05) is 42.5 Å². The van der Waals surface area contributed by atoms with Gasteiger partial charge in [0, 0.05) is 12.1 Å². The molecule has 0 saturated heterocycles. The smallest absolute Gasteiger partial charge is 0.407 e. The topological polar surface area (TPSA) is 59.6 Å². The molecule has 1 aliphatic rings. The summed E-state index contributed by atoms with van der Waals surface area (Å²) in [6.45, 7) is 1.24. The van der Waals surface area contributed by atoms with Crippen LogP contribution in [0.1, 0.15) is 24.0 Å². The third-order valence-corrected chi connectivity index (χ3v) is 4.68. The summed E-state index contributed by atoms with van der Waals surface area (Å²) >= 11 is 0. The van der Waals surface area contributed by atoms with Gasteiger partial charge in [0.2, 0.25) is 0 Å². The predicted octanol–water partition coefficient (Wildman–Crippen LogP) is 3.28. The number of hydrogen-bond donors (Lipinski definition) is 2. The maximum atomic E-state index is 11.8. The van der Waals surface area contributed by atoms with Gasteiger partial charge in [-0.15, -0.1) is 0 Å². The van der Waals surface area contributed by atoms with Crippen LogP contribution >= 0.6 is 0 Å². The number of carbonyl (C=O) groups is 1. The Morgan fingerprint density at radius 1 is 1.00 bits per heavy atom. The Morgan fingerprint density at radius 3 is 2.42 bits per heavy atom. The SMILES string of the molecule is COc1ccc(CCNC2CC(NC(=O)OCc3ccccc3)C2)cc1. The zero-order valence-corrected chi connectivity index (χ0v) is 15.1. The van der Waals surface area contributed by atoms with Gasteiger partial charge in [-0.3, -0.25) is 0 Å². The molecule has 5 nitrogen and oxygen atoms in total. The van der Waals surface area contributed by atoms with Gasteiger partial charge in [0.05, 0.1) is 7.11 Å². The number of amides is 1. The van der Waals surface area contributed by atoms with E-state index < -0.39 is 0 Å². The standard InChI is InChI=1S/C21H26N2O3/c1-25-20-9-7-16(8-10-20)11-12-22-18-13-19(14-18)23-21(24)26-15-17-5-3-2-4-6-17/h2-10,18-19,22H,11-15H2,1H3,(H,23,24). The van der Waals surface area contributed by atoms with Gasteiger partial charge in [0.1, 0.15) is 12.4 Å². The number of carbonyl (C=O) groups excluding carboxylic acids is 1. The van der Waals surface area contributed by atoms with Gasteiger partial charge >= 0.3 is 6.09 Å². The van der Waals surface area contributed by atoms with Gasteiger partial charge in [0.15, 0.2) is 0 Å². The minimum Gasteiger partial charge on any atom is -0.497 e. The molecule has 1 saturated carbocycles. The Labute approximate surface area is 154 Å². The van der Waals surface area contributed by atoms with Gasteiger partial charge in [-0.05, 0) is 49.1 Å². The lowest BCUT2D eigenvalue weighted by Crippen LogP contribution is -2.52. The second kappa shape index (κ2) is 9.25. The maximum absolute atomic E-state index is 11.8. The second-order valence-electron chi connectivity index (χ2n) is 6.62. The van der Waals surface area contributed by atoms with Crippen LogP contribution < -0.4 is 15.4 Å². The summed E-state index contributed by atoms with van der Waals surface area (Å²) in [4.78, 5) is 11.8. The van der Waals surface area contributed by atoms with E-state index in [4.69, 9.17) is 9.47 Å². The Morgan fingerprint density at radius 2 is 1.73 bits per heavy atom. The molecule has 0 unspecified atom stereocenters. The van der Waals surface area contributed by atoms with Crippen molar-refractivity contribution in [1.29, 1.82) is 0 Å². The molecule has 2 aromatic carbocycles. The van der Waals surface area contributed by atoms with Crippen LogP contribution in [0.4, 0.5) is 4.79 Å². The molecule has 1 fully saturated rings. The molecule has 0 aliphatic heterocycles. The van der Waals surface area contributed by atoms with Crippen LogP contribution in [-0.2, 0) is 17.8 Å². The van der Waals surface area contributed by atoms with Crippen molar-refractivity contribution in [3.63, 3.8) is 0 Å². The lowest BCUT2D eigenvalue weighted by molar-refractivity contribution is 0.125. The second-order valence-corrected chi connectivity index (χ2v) is 6.62. The molecular formula is C21H26N2O3. The lowest BCUT2D eigenvalue weighted by atomic mass is 9.87. The molecule has 1 aliphatic carbocycles. The summed E-state index contributed by atoms with van der Waals surface area (Å²) < 4.78 is 10.4. The van der Waals surface area contributed by atoms with Crippen LogP contribution in [0, 0.1) is 0 Å². The first-order chi connectivity index (χ1) is 12.7. The fourth-order valence-corrected chi connectivity index (χ4v) is 3.05. The van der Waals surface area contributed by atoms with Crippen molar-refractivity contribution < 1.29 is 14.3 Å². The molecule has 1 amide bonds. The number of hydrogen-bond acceptors (Lipinski definition) is 4. The van der Waals surface area contributed by atoms with Gasteiger partial charge < -0.3 is 20.1 Å². The zero-order chi connectivity index (χ0) is 18.2. The first-order valence-corrected chi connectivity index (χ1v) is 9.06. The molecule has 26 heavy (non-hydrogen) atoms. The first kappa shape index (κ1) is 18.3. The highest BCUT2D eigenvalue weighted by molar-refractivity contribution is 5.67. The molecule has 0 aromatic heterocycles. The molecule has 5 heteroatoms. The normalized spacial score (nSPS) is 18.7. The van der Waals surface area contributed by atoms with Gasteiger partial charge in [-0.2, -0.15) is 0 Å². The minimum absolute atomic E-state index is 0.205. The Kier molecular flexibility index (Phi) is 6.50. The molecule has 0 bridgehead atoms. The summed E-state index contributed by atoms with van der Waals surface area (Å²) in [6.07, 6.45) is 2.54. The number of benzene rings is 2. The minimum atomic E-state index is -0.337. The van der Waals surface area contributed by atoms with E-state index in [0.717, 1.165) is 37.1 Å². The third-order valence-electron chi connectivity index (χ3n) is 4.68. The van der Waals surface area contributed by atoms with Crippen LogP contribution in [0.15, 0.2) is 54.6 Å². The predicted molar refractivity (Wildman–Crippen MR) is 101 cm³/mol. The van der Waals surface area contributed by atoms with E-state index >= 15 is 0 Å². The first-order valence-electron chi connectivity index (χ1n) is 9.06. The zero-order valence-electron chi connectivity index (χ0n) is 15.1. The molecule has 0 heterocycles. The summed E-state index contributed by atoms with van der Waals surface area (Å²) in [5, 5.41) is 6.46.